The van der Waals surface area contributed by atoms with Crippen LogP contribution in [-0.2, 0) is 19.6 Å². The number of rotatable bonds is 6. The van der Waals surface area contributed by atoms with Crippen LogP contribution < -0.4 is 10.6 Å². The molecule has 1 aromatic carbocycles. The molecule has 2 N–H and O–H groups in total. The molecular formula is C20H27N3O6S. The van der Waals surface area contributed by atoms with Crippen molar-refractivity contribution >= 4 is 27.9 Å². The van der Waals surface area contributed by atoms with E-state index in [0.29, 0.717) is 13.1 Å². The first-order valence-corrected chi connectivity index (χ1v) is 11.7. The third kappa shape index (κ3) is 5.79. The third-order valence-electron chi connectivity index (χ3n) is 5.30. The van der Waals surface area contributed by atoms with Crippen LogP contribution in [0.1, 0.15) is 55.3 Å². The smallest absolute Gasteiger partial charge is 0.338 e. The van der Waals surface area contributed by atoms with Crippen LogP contribution in [0.4, 0.5) is 4.79 Å². The Bertz CT molecular complexity index is 890. The summed E-state index contributed by atoms with van der Waals surface area (Å²) in [5, 5.41) is 4.88. The third-order valence-corrected chi connectivity index (χ3v) is 7.19. The maximum atomic E-state index is 12.6. The van der Waals surface area contributed by atoms with Gasteiger partial charge in [0, 0.05) is 19.1 Å². The Hall–Kier alpha value is -2.46. The van der Waals surface area contributed by atoms with Gasteiger partial charge >= 0.3 is 12.0 Å². The van der Waals surface area contributed by atoms with E-state index in [9.17, 15) is 22.8 Å². The molecule has 30 heavy (non-hydrogen) atoms. The zero-order chi connectivity index (χ0) is 21.6. The van der Waals surface area contributed by atoms with Crippen molar-refractivity contribution in [3.05, 3.63) is 29.8 Å². The van der Waals surface area contributed by atoms with Gasteiger partial charge in [0.1, 0.15) is 0 Å². The van der Waals surface area contributed by atoms with Gasteiger partial charge < -0.3 is 10.1 Å². The molecule has 3 amide bonds. The van der Waals surface area contributed by atoms with E-state index in [4.69, 9.17) is 4.74 Å². The zero-order valence-electron chi connectivity index (χ0n) is 16.8. The Morgan fingerprint density at radius 1 is 1.03 bits per heavy atom. The lowest BCUT2D eigenvalue weighted by atomic mass is 9.96. The number of carbonyl (C=O) groups excluding carboxylic acids is 3. The fourth-order valence-electron chi connectivity index (χ4n) is 3.71. The van der Waals surface area contributed by atoms with E-state index >= 15 is 0 Å². The molecule has 0 atom stereocenters. The summed E-state index contributed by atoms with van der Waals surface area (Å²) in [4.78, 5) is 36.0. The lowest BCUT2D eigenvalue weighted by Crippen LogP contribution is -2.46. The molecule has 3 rings (SSSR count). The fraction of sp³-hybridized carbons (Fsp3) is 0.550. The highest BCUT2D eigenvalue weighted by Crippen LogP contribution is 2.22. The second-order valence-corrected chi connectivity index (χ2v) is 9.51. The number of carbonyl (C=O) groups is 3. The largest absolute Gasteiger partial charge is 0.452 e. The molecule has 9 nitrogen and oxygen atoms in total. The van der Waals surface area contributed by atoms with E-state index in [0.717, 1.165) is 44.9 Å². The molecule has 2 fully saturated rings. The summed E-state index contributed by atoms with van der Waals surface area (Å²) in [5.41, 5.74) is 0.0229. The molecule has 2 aliphatic rings. The Labute approximate surface area is 176 Å². The number of hydrogen-bond acceptors (Lipinski definition) is 6. The highest BCUT2D eigenvalue weighted by atomic mass is 32.2. The summed E-state index contributed by atoms with van der Waals surface area (Å²) in [5.74, 6) is -1.59. The number of benzene rings is 1. The van der Waals surface area contributed by atoms with Gasteiger partial charge in [-0.3, -0.25) is 10.1 Å². The summed E-state index contributed by atoms with van der Waals surface area (Å²) in [7, 11) is -3.66. The van der Waals surface area contributed by atoms with Crippen molar-refractivity contribution in [2.75, 3.05) is 19.7 Å². The molecule has 1 aromatic rings. The van der Waals surface area contributed by atoms with Crippen molar-refractivity contribution in [1.82, 2.24) is 14.9 Å². The molecule has 1 aliphatic carbocycles. The van der Waals surface area contributed by atoms with Gasteiger partial charge in [-0.05, 0) is 43.9 Å². The minimum Gasteiger partial charge on any atom is -0.452 e. The number of imide groups is 1. The second-order valence-electron chi connectivity index (χ2n) is 7.57. The van der Waals surface area contributed by atoms with Gasteiger partial charge in [-0.1, -0.05) is 25.3 Å². The summed E-state index contributed by atoms with van der Waals surface area (Å²) in [6.07, 6.45) is 6.62. The van der Waals surface area contributed by atoms with Gasteiger partial charge in [-0.2, -0.15) is 4.31 Å². The molecule has 1 heterocycles. The molecule has 0 bridgehead atoms. The number of hydrogen-bond donors (Lipinski definition) is 2. The number of urea groups is 1. The first-order valence-electron chi connectivity index (χ1n) is 10.2. The van der Waals surface area contributed by atoms with Crippen LogP contribution in [0.2, 0.25) is 0 Å². The maximum Gasteiger partial charge on any atom is 0.338 e. The van der Waals surface area contributed by atoms with E-state index in [1.54, 1.807) is 0 Å². The average molecular weight is 438 g/mol. The summed E-state index contributed by atoms with van der Waals surface area (Å²) < 4.78 is 31.6. The van der Waals surface area contributed by atoms with E-state index in [2.05, 4.69) is 10.6 Å². The van der Waals surface area contributed by atoms with Gasteiger partial charge in [0.2, 0.25) is 10.0 Å². The number of esters is 1. The SMILES string of the molecule is O=C(COC(=O)c1cccc(S(=O)(=O)N2CCCC2)c1)NC(=O)NC1CCCCC1. The van der Waals surface area contributed by atoms with Gasteiger partial charge in [0.25, 0.3) is 5.91 Å². The Morgan fingerprint density at radius 2 is 1.73 bits per heavy atom. The maximum absolute atomic E-state index is 12.6. The van der Waals surface area contributed by atoms with Gasteiger partial charge in [-0.25, -0.2) is 18.0 Å². The van der Waals surface area contributed by atoms with Crippen molar-refractivity contribution in [2.45, 2.75) is 55.9 Å². The standard InChI is InChI=1S/C20H27N3O6S/c24-18(22-20(26)21-16-8-2-1-3-9-16)14-29-19(25)15-7-6-10-17(13-15)30(27,28)23-11-4-5-12-23/h6-7,10,13,16H,1-5,8-9,11-12,14H2,(H2,21,22,24,26). The van der Waals surface area contributed by atoms with E-state index in [1.807, 2.05) is 0 Å². The fourth-order valence-corrected chi connectivity index (χ4v) is 5.27. The van der Waals surface area contributed by atoms with Crippen LogP contribution in [0, 0.1) is 0 Å². The van der Waals surface area contributed by atoms with Crippen LogP contribution in [0.25, 0.3) is 0 Å². The van der Waals surface area contributed by atoms with Crippen LogP contribution in [-0.4, -0.2) is 56.4 Å². The first kappa shape index (κ1) is 22.2. The molecular weight excluding hydrogens is 410 g/mol. The van der Waals surface area contributed by atoms with Crippen LogP contribution in [0.15, 0.2) is 29.2 Å². The predicted octanol–water partition coefficient (Wildman–Crippen LogP) is 1.79. The summed E-state index contributed by atoms with van der Waals surface area (Å²) in [6, 6.07) is 4.98. The van der Waals surface area contributed by atoms with E-state index in [1.165, 1.54) is 28.6 Å². The first-order chi connectivity index (χ1) is 14.4. The number of sulfonamides is 1. The zero-order valence-corrected chi connectivity index (χ0v) is 17.6. The molecule has 1 aliphatic heterocycles. The molecule has 1 saturated heterocycles. The normalized spacial score (nSPS) is 18.0. The van der Waals surface area contributed by atoms with Crippen molar-refractivity contribution in [3.63, 3.8) is 0 Å². The average Bonchev–Trinajstić information content (AvgIpc) is 3.28. The van der Waals surface area contributed by atoms with Crippen molar-refractivity contribution in [1.29, 1.82) is 0 Å². The Morgan fingerprint density at radius 3 is 2.43 bits per heavy atom. The van der Waals surface area contributed by atoms with Crippen LogP contribution in [0.3, 0.4) is 0 Å². The minimum absolute atomic E-state index is 0.00941. The van der Waals surface area contributed by atoms with E-state index < -0.39 is 34.5 Å². The van der Waals surface area contributed by atoms with Crippen molar-refractivity contribution in [3.8, 4) is 0 Å². The number of ether oxygens (including phenoxy) is 1. The molecule has 0 aromatic heterocycles. The van der Waals surface area contributed by atoms with Gasteiger partial charge in [0.05, 0.1) is 10.5 Å². The summed E-state index contributed by atoms with van der Waals surface area (Å²) >= 11 is 0. The lowest BCUT2D eigenvalue weighted by Gasteiger charge is -2.22. The predicted molar refractivity (Wildman–Crippen MR) is 108 cm³/mol. The minimum atomic E-state index is -3.66. The highest BCUT2D eigenvalue weighted by molar-refractivity contribution is 7.89. The molecule has 0 spiro atoms. The number of nitrogens with zero attached hydrogens (tertiary/aromatic N) is 1. The molecule has 164 valence electrons. The summed E-state index contributed by atoms with van der Waals surface area (Å²) in [6.45, 7) is 0.278. The second kappa shape index (κ2) is 10.0. The number of nitrogens with one attached hydrogen (secondary N) is 2. The monoisotopic (exact) mass is 437 g/mol. The highest BCUT2D eigenvalue weighted by Gasteiger charge is 2.28. The quantitative estimate of drug-likeness (QED) is 0.655. The van der Waals surface area contributed by atoms with Gasteiger partial charge in [0.15, 0.2) is 6.61 Å². The van der Waals surface area contributed by atoms with Crippen LogP contribution >= 0.6 is 0 Å². The van der Waals surface area contributed by atoms with E-state index in [-0.39, 0.29) is 16.5 Å². The van der Waals surface area contributed by atoms with Crippen LogP contribution in [0.5, 0.6) is 0 Å². The Kier molecular flexibility index (Phi) is 7.43. The van der Waals surface area contributed by atoms with Gasteiger partial charge in [-0.15, -0.1) is 0 Å². The lowest BCUT2D eigenvalue weighted by molar-refractivity contribution is -0.123. The van der Waals surface area contributed by atoms with Crippen molar-refractivity contribution in [2.24, 2.45) is 0 Å². The molecule has 0 radical (unpaired) electrons. The Balaban J connectivity index is 1.50. The number of amides is 3. The molecule has 0 unspecified atom stereocenters. The molecule has 10 heteroatoms. The van der Waals surface area contributed by atoms with Crippen molar-refractivity contribution < 1.29 is 27.5 Å². The topological polar surface area (TPSA) is 122 Å². The molecule has 1 saturated carbocycles.